The highest BCUT2D eigenvalue weighted by atomic mass is 32.2. The quantitative estimate of drug-likeness (QED) is 0.270. The number of ether oxygens (including phenoxy) is 3. The third-order valence-electron chi connectivity index (χ3n) is 6.06. The van der Waals surface area contributed by atoms with Gasteiger partial charge in [-0.15, -0.1) is 11.8 Å². The van der Waals surface area contributed by atoms with Gasteiger partial charge in [-0.1, -0.05) is 12.1 Å². The van der Waals surface area contributed by atoms with Gasteiger partial charge in [0.15, 0.2) is 11.3 Å². The molecule has 0 bridgehead atoms. The van der Waals surface area contributed by atoms with Crippen molar-refractivity contribution < 1.29 is 18.6 Å². The van der Waals surface area contributed by atoms with E-state index in [0.717, 1.165) is 57.7 Å². The highest BCUT2D eigenvalue weighted by Gasteiger charge is 2.31. The molecule has 2 aliphatic heterocycles. The van der Waals surface area contributed by atoms with Crippen molar-refractivity contribution in [3.8, 4) is 11.6 Å². The van der Waals surface area contributed by atoms with Crippen molar-refractivity contribution in [3.63, 3.8) is 0 Å². The van der Waals surface area contributed by atoms with Crippen molar-refractivity contribution in [2.45, 2.75) is 23.8 Å². The lowest BCUT2D eigenvalue weighted by Gasteiger charge is -2.36. The Labute approximate surface area is 207 Å². The summed E-state index contributed by atoms with van der Waals surface area (Å²) in [5, 5.41) is 1.84. The standard InChI is InChI=1S/C26H21FN3O3PS/c1-31-17-5-3-15(4-6-17)14-35-18-9-21(27)20-12-30-24-16(13-33-26(30)34-22(20)10-18)11-28-25-19(24)7-8-23(29-25)32-2/h3-11H,12-14H2,1-2H3. The topological polar surface area (TPSA) is 56.7 Å². The van der Waals surface area contributed by atoms with E-state index in [9.17, 15) is 0 Å². The third kappa shape index (κ3) is 4.12. The first kappa shape index (κ1) is 22.3. The molecular formula is C26H21FN3O3PS. The Kier molecular flexibility index (Phi) is 5.80. The number of anilines is 1. The molecule has 4 aromatic rings. The number of pyridine rings is 2. The van der Waals surface area contributed by atoms with Crippen LogP contribution in [0.4, 0.5) is 10.1 Å². The van der Waals surface area contributed by atoms with Gasteiger partial charge in [0.25, 0.3) is 0 Å². The predicted molar refractivity (Wildman–Crippen MR) is 138 cm³/mol. The second-order valence-corrected chi connectivity index (χ2v) is 10.3. The number of nitrogens with zero attached hydrogens (tertiary/aromatic N) is 3. The van der Waals surface area contributed by atoms with Crippen LogP contribution in [0.3, 0.4) is 0 Å². The summed E-state index contributed by atoms with van der Waals surface area (Å²) in [6.07, 6.45) is 1.78. The maximum Gasteiger partial charge on any atom is 0.215 e. The summed E-state index contributed by atoms with van der Waals surface area (Å²) >= 11 is 1.62. The van der Waals surface area contributed by atoms with Crippen molar-refractivity contribution in [2.75, 3.05) is 19.1 Å². The van der Waals surface area contributed by atoms with E-state index in [-0.39, 0.29) is 5.82 Å². The molecule has 6 nitrogen and oxygen atoms in total. The van der Waals surface area contributed by atoms with Crippen LogP contribution in [0.15, 0.2) is 59.6 Å². The Morgan fingerprint density at radius 1 is 1.11 bits per heavy atom. The van der Waals surface area contributed by atoms with Gasteiger partial charge in [-0.25, -0.2) is 9.37 Å². The Bertz CT molecular complexity index is 1480. The van der Waals surface area contributed by atoms with E-state index < -0.39 is 0 Å². The molecule has 0 spiro atoms. The van der Waals surface area contributed by atoms with Crippen molar-refractivity contribution in [3.05, 3.63) is 77.2 Å². The molecule has 0 amide bonds. The number of benzene rings is 2. The lowest BCUT2D eigenvalue weighted by atomic mass is 10.1. The van der Waals surface area contributed by atoms with E-state index in [2.05, 4.69) is 16.0 Å². The first-order valence-corrected chi connectivity index (χ1v) is 12.9. The Morgan fingerprint density at radius 2 is 1.97 bits per heavy atom. The zero-order valence-electron chi connectivity index (χ0n) is 19.1. The van der Waals surface area contributed by atoms with Crippen LogP contribution in [0.2, 0.25) is 0 Å². The van der Waals surface area contributed by atoms with E-state index in [1.54, 1.807) is 38.2 Å². The van der Waals surface area contributed by atoms with Crippen LogP contribution in [0.5, 0.6) is 11.6 Å². The number of fused-ring (bicyclic) bond motifs is 6. The fourth-order valence-corrected chi connectivity index (χ4v) is 6.41. The SMILES string of the molecule is COc1ccc(CSc2cc(F)c3c(c2)P=C2OCc4cnc5nc(OC)ccc5c4N2C3)cc1. The second kappa shape index (κ2) is 9.11. The molecule has 0 radical (unpaired) electrons. The minimum absolute atomic E-state index is 0.198. The molecule has 0 saturated carbocycles. The normalized spacial score (nSPS) is 14.6. The van der Waals surface area contributed by atoms with Crippen LogP contribution in [0, 0.1) is 5.82 Å². The van der Waals surface area contributed by atoms with Crippen molar-refractivity contribution in [2.24, 2.45) is 0 Å². The van der Waals surface area contributed by atoms with Crippen LogP contribution < -0.4 is 19.7 Å². The zero-order valence-corrected chi connectivity index (χ0v) is 20.8. The number of hydrogen-bond acceptors (Lipinski definition) is 7. The lowest BCUT2D eigenvalue weighted by molar-refractivity contribution is 0.283. The predicted octanol–water partition coefficient (Wildman–Crippen LogP) is 5.29. The summed E-state index contributed by atoms with van der Waals surface area (Å²) in [5.74, 6) is 1.89. The van der Waals surface area contributed by atoms with Gasteiger partial charge >= 0.3 is 0 Å². The van der Waals surface area contributed by atoms with Crippen LogP contribution in [0.25, 0.3) is 11.0 Å². The van der Waals surface area contributed by atoms with Crippen LogP contribution in [-0.4, -0.2) is 29.8 Å². The number of thioether (sulfide) groups is 1. The van der Waals surface area contributed by atoms with Gasteiger partial charge < -0.3 is 19.1 Å². The molecule has 2 aromatic heterocycles. The fourth-order valence-electron chi connectivity index (χ4n) is 4.27. The minimum Gasteiger partial charge on any atom is -0.497 e. The average molecular weight is 506 g/mol. The third-order valence-corrected chi connectivity index (χ3v) is 8.31. The molecule has 2 aromatic carbocycles. The molecule has 6 rings (SSSR count). The van der Waals surface area contributed by atoms with E-state index in [1.807, 2.05) is 41.3 Å². The van der Waals surface area contributed by atoms with Crippen LogP contribution >= 0.6 is 20.0 Å². The van der Waals surface area contributed by atoms with Crippen molar-refractivity contribution >= 4 is 47.6 Å². The van der Waals surface area contributed by atoms with Crippen LogP contribution in [0.1, 0.15) is 16.7 Å². The van der Waals surface area contributed by atoms with Crippen LogP contribution in [-0.2, 0) is 23.6 Å². The Hall–Kier alpha value is -3.19. The summed E-state index contributed by atoms with van der Waals surface area (Å²) in [4.78, 5) is 11.9. The monoisotopic (exact) mass is 505 g/mol. The zero-order chi connectivity index (χ0) is 23.9. The molecule has 0 saturated heterocycles. The summed E-state index contributed by atoms with van der Waals surface area (Å²) in [5.41, 5.74) is 5.17. The highest BCUT2D eigenvalue weighted by molar-refractivity contribution is 7.98. The van der Waals surface area contributed by atoms with Gasteiger partial charge in [0, 0.05) is 44.7 Å². The minimum atomic E-state index is -0.198. The van der Waals surface area contributed by atoms with Gasteiger partial charge in [0.1, 0.15) is 11.6 Å². The second-order valence-electron chi connectivity index (χ2n) is 8.17. The molecule has 0 unspecified atom stereocenters. The molecule has 0 fully saturated rings. The number of methoxy groups -OCH3 is 2. The summed E-state index contributed by atoms with van der Waals surface area (Å²) in [6, 6.07) is 15.4. The highest BCUT2D eigenvalue weighted by Crippen LogP contribution is 2.39. The lowest BCUT2D eigenvalue weighted by Crippen LogP contribution is -2.40. The van der Waals surface area contributed by atoms with Gasteiger partial charge in [0.2, 0.25) is 5.88 Å². The van der Waals surface area contributed by atoms with E-state index >= 15 is 4.39 Å². The molecule has 2 aliphatic rings. The number of hydrogen-bond donors (Lipinski definition) is 0. The van der Waals surface area contributed by atoms with Gasteiger partial charge in [-0.2, -0.15) is 4.98 Å². The maximum absolute atomic E-state index is 15.4. The number of halogens is 1. The van der Waals surface area contributed by atoms with E-state index in [4.69, 9.17) is 14.2 Å². The molecule has 9 heteroatoms. The van der Waals surface area contributed by atoms with E-state index in [0.29, 0.717) is 30.2 Å². The summed E-state index contributed by atoms with van der Waals surface area (Å²) in [6.45, 7) is 0.817. The van der Waals surface area contributed by atoms with Crippen molar-refractivity contribution in [1.82, 2.24) is 9.97 Å². The number of aromatic nitrogens is 2. The summed E-state index contributed by atoms with van der Waals surface area (Å²) in [7, 11) is 4.08. The van der Waals surface area contributed by atoms with E-state index in [1.165, 1.54) is 0 Å². The fraction of sp³-hybridized carbons (Fsp3) is 0.192. The maximum atomic E-state index is 15.4. The molecule has 0 aliphatic carbocycles. The molecule has 4 heterocycles. The largest absolute Gasteiger partial charge is 0.497 e. The first-order chi connectivity index (χ1) is 17.1. The molecule has 0 N–H and O–H groups in total. The number of rotatable bonds is 5. The van der Waals surface area contributed by atoms with Gasteiger partial charge in [-0.05, 0) is 44.1 Å². The molecule has 176 valence electrons. The smallest absolute Gasteiger partial charge is 0.215 e. The Morgan fingerprint density at radius 3 is 2.77 bits per heavy atom. The molecule has 0 atom stereocenters. The Balaban J connectivity index is 1.31. The molecule has 35 heavy (non-hydrogen) atoms. The first-order valence-electron chi connectivity index (χ1n) is 11.0. The molecular weight excluding hydrogens is 484 g/mol. The summed E-state index contributed by atoms with van der Waals surface area (Å²) < 4.78 is 31.9. The average Bonchev–Trinajstić information content (AvgIpc) is 2.90. The van der Waals surface area contributed by atoms with Gasteiger partial charge in [0.05, 0.1) is 33.1 Å². The van der Waals surface area contributed by atoms with Gasteiger partial charge in [-0.3, -0.25) is 0 Å². The van der Waals surface area contributed by atoms with Crippen molar-refractivity contribution in [1.29, 1.82) is 0 Å².